The summed E-state index contributed by atoms with van der Waals surface area (Å²) in [6.45, 7) is -0.188. The Balaban J connectivity index is 1.55. The van der Waals surface area contributed by atoms with E-state index in [0.29, 0.717) is 22.9 Å². The van der Waals surface area contributed by atoms with Gasteiger partial charge in [-0.2, -0.15) is 4.98 Å². The number of rotatable bonds is 6. The summed E-state index contributed by atoms with van der Waals surface area (Å²) in [6, 6.07) is 12.6. The lowest BCUT2D eigenvalue weighted by Gasteiger charge is -2.06. The first kappa shape index (κ1) is 16.4. The van der Waals surface area contributed by atoms with Crippen LogP contribution in [-0.2, 0) is 4.79 Å². The lowest BCUT2D eigenvalue weighted by molar-refractivity contribution is -0.118. The molecule has 2 aromatic carbocycles. The maximum Gasteiger partial charge on any atom is 0.264 e. The predicted molar refractivity (Wildman–Crippen MR) is 88.9 cm³/mol. The second-order valence-electron chi connectivity index (χ2n) is 5.03. The van der Waals surface area contributed by atoms with Gasteiger partial charge in [0.15, 0.2) is 12.4 Å². The van der Waals surface area contributed by atoms with Crippen molar-refractivity contribution in [2.75, 3.05) is 19.0 Å². The third-order valence-corrected chi connectivity index (χ3v) is 3.28. The summed E-state index contributed by atoms with van der Waals surface area (Å²) in [5, 5.41) is 9.10. The Morgan fingerprint density at radius 3 is 2.48 bits per heavy atom. The van der Waals surface area contributed by atoms with Crippen LogP contribution in [0.25, 0.3) is 11.4 Å². The highest BCUT2D eigenvalue weighted by Crippen LogP contribution is 2.18. The van der Waals surface area contributed by atoms with Crippen molar-refractivity contribution in [3.05, 3.63) is 54.3 Å². The molecule has 1 amide bonds. The van der Waals surface area contributed by atoms with E-state index in [1.165, 1.54) is 12.1 Å². The van der Waals surface area contributed by atoms with Gasteiger partial charge in [0.2, 0.25) is 5.95 Å². The summed E-state index contributed by atoms with van der Waals surface area (Å²) in [6.07, 6.45) is 0. The molecule has 0 aliphatic carbocycles. The third-order valence-electron chi connectivity index (χ3n) is 3.28. The zero-order valence-corrected chi connectivity index (χ0v) is 13.3. The number of H-pyrrole nitrogens is 1. The average Bonchev–Trinajstić information content (AvgIpc) is 3.09. The molecule has 7 nitrogen and oxygen atoms in total. The van der Waals surface area contributed by atoms with E-state index < -0.39 is 5.91 Å². The summed E-state index contributed by atoms with van der Waals surface area (Å²) >= 11 is 0. The molecule has 0 fully saturated rings. The van der Waals surface area contributed by atoms with Gasteiger partial charge in [-0.1, -0.05) is 0 Å². The Kier molecular flexibility index (Phi) is 4.89. The lowest BCUT2D eigenvalue weighted by atomic mass is 10.2. The number of hydrogen-bond donors (Lipinski definition) is 2. The summed E-state index contributed by atoms with van der Waals surface area (Å²) in [5.41, 5.74) is 0.656. The van der Waals surface area contributed by atoms with Crippen LogP contribution in [0.1, 0.15) is 0 Å². The number of aromatic amines is 1. The molecule has 128 valence electrons. The maximum absolute atomic E-state index is 12.9. The van der Waals surface area contributed by atoms with Crippen molar-refractivity contribution < 1.29 is 18.7 Å². The van der Waals surface area contributed by atoms with Gasteiger partial charge in [-0.15, -0.1) is 5.10 Å². The minimum absolute atomic E-state index is 0.114. The number of benzene rings is 2. The van der Waals surface area contributed by atoms with Crippen molar-refractivity contribution in [2.45, 2.75) is 0 Å². The molecule has 0 aliphatic rings. The number of carbonyl (C=O) groups excluding carboxylic acids is 1. The number of methoxy groups -OCH3 is 1. The monoisotopic (exact) mass is 342 g/mol. The van der Waals surface area contributed by atoms with Crippen LogP contribution >= 0.6 is 0 Å². The molecular weight excluding hydrogens is 327 g/mol. The highest BCUT2D eigenvalue weighted by molar-refractivity contribution is 5.90. The molecule has 25 heavy (non-hydrogen) atoms. The van der Waals surface area contributed by atoms with Crippen LogP contribution in [0.4, 0.5) is 10.3 Å². The molecule has 0 bridgehead atoms. The average molecular weight is 342 g/mol. The van der Waals surface area contributed by atoms with Crippen molar-refractivity contribution in [3.63, 3.8) is 0 Å². The van der Waals surface area contributed by atoms with Crippen molar-refractivity contribution in [1.29, 1.82) is 0 Å². The molecule has 2 N–H and O–H groups in total. The molecule has 1 heterocycles. The summed E-state index contributed by atoms with van der Waals surface area (Å²) in [5.74, 6) is 1.03. The molecule has 3 aromatic rings. The lowest BCUT2D eigenvalue weighted by Crippen LogP contribution is -2.20. The number of amides is 1. The van der Waals surface area contributed by atoms with E-state index in [4.69, 9.17) is 9.47 Å². The van der Waals surface area contributed by atoms with Gasteiger partial charge in [0.25, 0.3) is 5.91 Å². The molecule has 0 unspecified atom stereocenters. The van der Waals surface area contributed by atoms with Gasteiger partial charge in [-0.25, -0.2) is 4.39 Å². The number of nitrogens with zero attached hydrogens (tertiary/aromatic N) is 2. The van der Waals surface area contributed by atoms with Crippen molar-refractivity contribution in [3.8, 4) is 22.9 Å². The smallest absolute Gasteiger partial charge is 0.264 e. The normalized spacial score (nSPS) is 10.3. The molecule has 1 aromatic heterocycles. The predicted octanol–water partition coefficient (Wildman–Crippen LogP) is 2.64. The van der Waals surface area contributed by atoms with Crippen molar-refractivity contribution in [2.24, 2.45) is 0 Å². The fraction of sp³-hybridized carbons (Fsp3) is 0.118. The topological polar surface area (TPSA) is 89.1 Å². The first-order valence-corrected chi connectivity index (χ1v) is 7.39. The van der Waals surface area contributed by atoms with E-state index in [2.05, 4.69) is 20.5 Å². The quantitative estimate of drug-likeness (QED) is 0.719. The number of nitrogens with one attached hydrogen (secondary N) is 2. The Morgan fingerprint density at radius 2 is 1.80 bits per heavy atom. The molecule has 3 rings (SSSR count). The van der Waals surface area contributed by atoms with E-state index in [1.807, 2.05) is 0 Å². The molecule has 0 radical (unpaired) electrons. The van der Waals surface area contributed by atoms with Crippen LogP contribution in [0.3, 0.4) is 0 Å². The zero-order chi connectivity index (χ0) is 17.6. The van der Waals surface area contributed by atoms with Gasteiger partial charge in [0, 0.05) is 5.56 Å². The Labute approximate surface area is 142 Å². The molecule has 0 spiro atoms. The standard InChI is InChI=1S/C17H15FN4O3/c1-24-13-6-8-14(9-7-13)25-10-15(23)19-17-20-16(21-22-17)11-2-4-12(18)5-3-11/h2-9H,10H2,1H3,(H2,19,20,21,22,23). The second kappa shape index (κ2) is 7.43. The SMILES string of the molecule is COc1ccc(OCC(=O)Nc2n[nH]c(-c3ccc(F)cc3)n2)cc1. The molecule has 0 saturated carbocycles. The molecule has 0 atom stereocenters. The van der Waals surface area contributed by atoms with E-state index in [1.54, 1.807) is 43.5 Å². The number of aromatic nitrogens is 3. The highest BCUT2D eigenvalue weighted by Gasteiger charge is 2.10. The number of carbonyl (C=O) groups is 1. The first-order chi connectivity index (χ1) is 12.1. The van der Waals surface area contributed by atoms with Crippen LogP contribution in [0.15, 0.2) is 48.5 Å². The van der Waals surface area contributed by atoms with Gasteiger partial charge < -0.3 is 9.47 Å². The second-order valence-corrected chi connectivity index (χ2v) is 5.03. The van der Waals surface area contributed by atoms with E-state index >= 15 is 0 Å². The van der Waals surface area contributed by atoms with Crippen LogP contribution in [0, 0.1) is 5.82 Å². The van der Waals surface area contributed by atoms with Gasteiger partial charge in [0.1, 0.15) is 17.3 Å². The van der Waals surface area contributed by atoms with Gasteiger partial charge in [0.05, 0.1) is 7.11 Å². The van der Waals surface area contributed by atoms with Crippen LogP contribution in [0.2, 0.25) is 0 Å². The molecule has 0 aliphatic heterocycles. The van der Waals surface area contributed by atoms with Crippen LogP contribution < -0.4 is 14.8 Å². The van der Waals surface area contributed by atoms with Crippen molar-refractivity contribution in [1.82, 2.24) is 15.2 Å². The largest absolute Gasteiger partial charge is 0.497 e. The summed E-state index contributed by atoms with van der Waals surface area (Å²) in [7, 11) is 1.57. The molecule has 0 saturated heterocycles. The Bertz CT molecular complexity index is 847. The number of anilines is 1. The van der Waals surface area contributed by atoms with Crippen LogP contribution in [0.5, 0.6) is 11.5 Å². The maximum atomic E-state index is 12.9. The van der Waals surface area contributed by atoms with Gasteiger partial charge in [-0.05, 0) is 48.5 Å². The Hall–Kier alpha value is -3.42. The zero-order valence-electron chi connectivity index (χ0n) is 13.3. The first-order valence-electron chi connectivity index (χ1n) is 7.39. The third kappa shape index (κ3) is 4.31. The molecule has 8 heteroatoms. The van der Waals surface area contributed by atoms with Gasteiger partial charge >= 0.3 is 0 Å². The summed E-state index contributed by atoms with van der Waals surface area (Å²) < 4.78 is 23.3. The number of hydrogen-bond acceptors (Lipinski definition) is 5. The summed E-state index contributed by atoms with van der Waals surface area (Å²) in [4.78, 5) is 16.0. The minimum Gasteiger partial charge on any atom is -0.497 e. The fourth-order valence-electron chi connectivity index (χ4n) is 2.04. The van der Waals surface area contributed by atoms with E-state index in [9.17, 15) is 9.18 Å². The minimum atomic E-state index is -0.402. The highest BCUT2D eigenvalue weighted by atomic mass is 19.1. The van der Waals surface area contributed by atoms with E-state index in [0.717, 1.165) is 0 Å². The van der Waals surface area contributed by atoms with Crippen molar-refractivity contribution >= 4 is 11.9 Å². The Morgan fingerprint density at radius 1 is 1.12 bits per heavy atom. The van der Waals surface area contributed by atoms with Crippen LogP contribution in [-0.4, -0.2) is 34.8 Å². The number of halogens is 1. The number of ether oxygens (including phenoxy) is 2. The molecular formula is C17H15FN4O3. The fourth-order valence-corrected chi connectivity index (χ4v) is 2.04. The van der Waals surface area contributed by atoms with E-state index in [-0.39, 0.29) is 18.4 Å². The van der Waals surface area contributed by atoms with Gasteiger partial charge in [-0.3, -0.25) is 15.2 Å².